The number of urea groups is 1. The molecular weight excluding hydrogens is 204 g/mol. The zero-order valence-corrected chi connectivity index (χ0v) is 9.58. The Morgan fingerprint density at radius 2 is 1.81 bits per heavy atom. The van der Waals surface area contributed by atoms with E-state index in [0.717, 1.165) is 24.9 Å². The van der Waals surface area contributed by atoms with Crippen LogP contribution in [0.1, 0.15) is 32.1 Å². The minimum atomic E-state index is 0.0132. The fraction of sp³-hybridized carbons (Fsp3) is 0.917. The molecule has 0 aromatic carbocycles. The highest BCUT2D eigenvalue weighted by Crippen LogP contribution is 2.44. The molecule has 0 aromatic heterocycles. The van der Waals surface area contributed by atoms with Crippen molar-refractivity contribution in [1.29, 1.82) is 0 Å². The maximum absolute atomic E-state index is 11.8. The molecule has 0 radical (unpaired) electrons. The Kier molecular flexibility index (Phi) is 2.75. The van der Waals surface area contributed by atoms with Crippen LogP contribution in [0.5, 0.6) is 0 Å². The van der Waals surface area contributed by atoms with Gasteiger partial charge in [-0.05, 0) is 43.9 Å². The van der Waals surface area contributed by atoms with Gasteiger partial charge in [0.25, 0.3) is 0 Å². The van der Waals surface area contributed by atoms with Crippen LogP contribution in [0.4, 0.5) is 4.79 Å². The van der Waals surface area contributed by atoms with E-state index < -0.39 is 0 Å². The minimum absolute atomic E-state index is 0.0132. The van der Waals surface area contributed by atoms with Gasteiger partial charge in [0, 0.05) is 12.6 Å². The van der Waals surface area contributed by atoms with Crippen LogP contribution in [-0.4, -0.2) is 31.3 Å². The smallest absolute Gasteiger partial charge is 0.315 e. The van der Waals surface area contributed by atoms with Crippen LogP contribution in [0.15, 0.2) is 0 Å². The Morgan fingerprint density at radius 1 is 1.12 bits per heavy atom. The number of rotatable bonds is 4. The van der Waals surface area contributed by atoms with Crippen LogP contribution in [0.3, 0.4) is 0 Å². The molecule has 1 heterocycles. The summed E-state index contributed by atoms with van der Waals surface area (Å²) in [5.74, 6) is 1.52. The summed E-state index contributed by atoms with van der Waals surface area (Å²) in [5.41, 5.74) is 0. The number of carbonyl (C=O) groups is 1. The van der Waals surface area contributed by atoms with Gasteiger partial charge in [0.2, 0.25) is 0 Å². The largest absolute Gasteiger partial charge is 0.379 e. The standard InChI is InChI=1S/C12H20N2O2/c15-12(13-10-5-6-16-7-10)14-11(8-1-2-8)9-3-4-9/h8-11H,1-7H2,(H2,13,14,15). The molecule has 2 saturated carbocycles. The molecule has 4 nitrogen and oxygen atoms in total. The van der Waals surface area contributed by atoms with Crippen molar-refractivity contribution in [2.24, 2.45) is 11.8 Å². The molecule has 90 valence electrons. The molecule has 0 bridgehead atoms. The van der Waals surface area contributed by atoms with Gasteiger partial charge in [-0.25, -0.2) is 4.79 Å². The number of nitrogens with one attached hydrogen (secondary N) is 2. The molecule has 0 aromatic rings. The lowest BCUT2D eigenvalue weighted by molar-refractivity contribution is 0.187. The van der Waals surface area contributed by atoms with Crippen LogP contribution in [0.25, 0.3) is 0 Å². The number of ether oxygens (including phenoxy) is 1. The van der Waals surface area contributed by atoms with Gasteiger partial charge in [-0.3, -0.25) is 0 Å². The predicted molar refractivity (Wildman–Crippen MR) is 60.1 cm³/mol. The van der Waals surface area contributed by atoms with E-state index in [4.69, 9.17) is 4.74 Å². The van der Waals surface area contributed by atoms with Gasteiger partial charge in [-0.1, -0.05) is 0 Å². The van der Waals surface area contributed by atoms with Gasteiger partial charge in [0.1, 0.15) is 0 Å². The molecule has 3 fully saturated rings. The first-order valence-electron chi connectivity index (χ1n) is 6.47. The topological polar surface area (TPSA) is 50.4 Å². The van der Waals surface area contributed by atoms with E-state index in [1.807, 2.05) is 0 Å². The SMILES string of the molecule is O=C(NC1CCOC1)NC(C1CC1)C1CC1. The summed E-state index contributed by atoms with van der Waals surface area (Å²) in [6.07, 6.45) is 6.15. The summed E-state index contributed by atoms with van der Waals surface area (Å²) in [6, 6.07) is 0.681. The first-order chi connectivity index (χ1) is 7.83. The number of carbonyl (C=O) groups excluding carboxylic acids is 1. The van der Waals surface area contributed by atoms with Crippen molar-refractivity contribution in [1.82, 2.24) is 10.6 Å². The summed E-state index contributed by atoms with van der Waals surface area (Å²) in [7, 11) is 0. The van der Waals surface area contributed by atoms with Crippen LogP contribution >= 0.6 is 0 Å². The van der Waals surface area contributed by atoms with Gasteiger partial charge in [-0.15, -0.1) is 0 Å². The highest BCUT2D eigenvalue weighted by molar-refractivity contribution is 5.74. The zero-order chi connectivity index (χ0) is 11.0. The van der Waals surface area contributed by atoms with Crippen LogP contribution in [-0.2, 0) is 4.74 Å². The lowest BCUT2D eigenvalue weighted by Crippen LogP contribution is -2.48. The molecule has 1 saturated heterocycles. The highest BCUT2D eigenvalue weighted by atomic mass is 16.5. The van der Waals surface area contributed by atoms with Crippen molar-refractivity contribution in [3.05, 3.63) is 0 Å². The average molecular weight is 224 g/mol. The fourth-order valence-electron chi connectivity index (χ4n) is 2.56. The Labute approximate surface area is 96.1 Å². The zero-order valence-electron chi connectivity index (χ0n) is 9.58. The van der Waals surface area contributed by atoms with E-state index in [2.05, 4.69) is 10.6 Å². The van der Waals surface area contributed by atoms with Crippen LogP contribution in [0.2, 0.25) is 0 Å². The molecule has 2 amide bonds. The summed E-state index contributed by atoms with van der Waals surface area (Å²) in [5, 5.41) is 6.16. The second-order valence-corrected chi connectivity index (χ2v) is 5.38. The van der Waals surface area contributed by atoms with Crippen LogP contribution < -0.4 is 10.6 Å². The third-order valence-corrected chi connectivity index (χ3v) is 3.82. The molecule has 16 heavy (non-hydrogen) atoms. The number of amides is 2. The quantitative estimate of drug-likeness (QED) is 0.755. The van der Waals surface area contributed by atoms with Gasteiger partial charge in [0.15, 0.2) is 0 Å². The molecule has 4 heteroatoms. The molecule has 2 N–H and O–H groups in total. The van der Waals surface area contributed by atoms with E-state index in [-0.39, 0.29) is 12.1 Å². The monoisotopic (exact) mass is 224 g/mol. The van der Waals surface area contributed by atoms with E-state index in [1.54, 1.807) is 0 Å². The van der Waals surface area contributed by atoms with Gasteiger partial charge in [-0.2, -0.15) is 0 Å². The molecule has 3 aliphatic rings. The normalized spacial score (nSPS) is 29.4. The van der Waals surface area contributed by atoms with Gasteiger partial charge >= 0.3 is 6.03 Å². The summed E-state index contributed by atoms with van der Waals surface area (Å²) >= 11 is 0. The van der Waals surface area contributed by atoms with Crippen molar-refractivity contribution >= 4 is 6.03 Å². The third kappa shape index (κ3) is 2.48. The second-order valence-electron chi connectivity index (χ2n) is 5.38. The van der Waals surface area contributed by atoms with Crippen molar-refractivity contribution in [3.8, 4) is 0 Å². The number of hydrogen-bond donors (Lipinski definition) is 2. The van der Waals surface area contributed by atoms with E-state index in [9.17, 15) is 4.79 Å². The molecule has 1 unspecified atom stereocenters. The summed E-state index contributed by atoms with van der Waals surface area (Å²) < 4.78 is 5.24. The molecule has 1 aliphatic heterocycles. The maximum atomic E-state index is 11.8. The van der Waals surface area contributed by atoms with Crippen molar-refractivity contribution in [3.63, 3.8) is 0 Å². The third-order valence-electron chi connectivity index (χ3n) is 3.82. The highest BCUT2D eigenvalue weighted by Gasteiger charge is 2.42. The Morgan fingerprint density at radius 3 is 2.31 bits per heavy atom. The molecular formula is C12H20N2O2. The van der Waals surface area contributed by atoms with Gasteiger partial charge in [0.05, 0.1) is 12.6 Å². The first-order valence-corrected chi connectivity index (χ1v) is 6.47. The predicted octanol–water partition coefficient (Wildman–Crippen LogP) is 1.26. The number of hydrogen-bond acceptors (Lipinski definition) is 2. The van der Waals surface area contributed by atoms with E-state index in [0.29, 0.717) is 12.6 Å². The lowest BCUT2D eigenvalue weighted by Gasteiger charge is -2.19. The minimum Gasteiger partial charge on any atom is -0.379 e. The average Bonchev–Trinajstić information content (AvgIpc) is 3.17. The molecule has 0 spiro atoms. The second kappa shape index (κ2) is 4.24. The summed E-state index contributed by atoms with van der Waals surface area (Å²) in [6.45, 7) is 1.45. The molecule has 3 rings (SSSR count). The Bertz CT molecular complexity index is 256. The van der Waals surface area contributed by atoms with Crippen LogP contribution in [0, 0.1) is 11.8 Å². The van der Waals surface area contributed by atoms with E-state index in [1.165, 1.54) is 25.7 Å². The van der Waals surface area contributed by atoms with Crippen molar-refractivity contribution < 1.29 is 9.53 Å². The summed E-state index contributed by atoms with van der Waals surface area (Å²) in [4.78, 5) is 11.8. The fourth-order valence-corrected chi connectivity index (χ4v) is 2.56. The van der Waals surface area contributed by atoms with Gasteiger partial charge < -0.3 is 15.4 Å². The molecule has 2 aliphatic carbocycles. The Hall–Kier alpha value is -0.770. The maximum Gasteiger partial charge on any atom is 0.315 e. The lowest BCUT2D eigenvalue weighted by atomic mass is 10.1. The first kappa shape index (κ1) is 10.4. The van der Waals surface area contributed by atoms with Crippen molar-refractivity contribution in [2.75, 3.05) is 13.2 Å². The van der Waals surface area contributed by atoms with E-state index >= 15 is 0 Å². The molecule has 1 atom stereocenters. The van der Waals surface area contributed by atoms with Crippen molar-refractivity contribution in [2.45, 2.75) is 44.2 Å². The Balaban J connectivity index is 1.46.